The molecule has 2 atom stereocenters. The van der Waals surface area contributed by atoms with Crippen LogP contribution in [0.5, 0.6) is 11.5 Å². The van der Waals surface area contributed by atoms with E-state index in [1.165, 1.54) is 0 Å². The molecule has 3 rings (SSSR count). The van der Waals surface area contributed by atoms with Crippen molar-refractivity contribution in [2.24, 2.45) is 0 Å². The highest BCUT2D eigenvalue weighted by atomic mass is 16.7. The number of fused-ring (bicyclic) bond motifs is 1. The van der Waals surface area contributed by atoms with Crippen LogP contribution in [0.15, 0.2) is 18.2 Å². The van der Waals surface area contributed by atoms with Gasteiger partial charge in [0.2, 0.25) is 6.79 Å². The van der Waals surface area contributed by atoms with Gasteiger partial charge in [-0.3, -0.25) is 0 Å². The van der Waals surface area contributed by atoms with Crippen molar-refractivity contribution in [3.05, 3.63) is 23.8 Å². The zero-order valence-electron chi connectivity index (χ0n) is 8.98. The molecule has 4 nitrogen and oxygen atoms in total. The molecular weight excluding hydrogens is 206 g/mol. The van der Waals surface area contributed by atoms with Crippen molar-refractivity contribution in [3.8, 4) is 11.5 Å². The number of piperidine rings is 1. The van der Waals surface area contributed by atoms with Crippen LogP contribution in [-0.4, -0.2) is 24.5 Å². The predicted octanol–water partition coefficient (Wildman–Crippen LogP) is 1.20. The van der Waals surface area contributed by atoms with Crippen LogP contribution in [0.4, 0.5) is 0 Å². The minimum atomic E-state index is -0.343. The summed E-state index contributed by atoms with van der Waals surface area (Å²) in [7, 11) is 0. The first-order chi connectivity index (χ1) is 7.86. The lowest BCUT2D eigenvalue weighted by Crippen LogP contribution is -2.37. The van der Waals surface area contributed by atoms with Gasteiger partial charge in [-0.2, -0.15) is 0 Å². The van der Waals surface area contributed by atoms with Crippen LogP contribution in [0.1, 0.15) is 24.4 Å². The smallest absolute Gasteiger partial charge is 0.231 e. The van der Waals surface area contributed by atoms with E-state index >= 15 is 0 Å². The average Bonchev–Trinajstić information content (AvgIpc) is 2.77. The minimum absolute atomic E-state index is 0.0367. The van der Waals surface area contributed by atoms with Gasteiger partial charge in [-0.25, -0.2) is 0 Å². The van der Waals surface area contributed by atoms with E-state index < -0.39 is 0 Å². The lowest BCUT2D eigenvalue weighted by Gasteiger charge is -2.29. The molecule has 2 unspecified atom stereocenters. The monoisotopic (exact) mass is 221 g/mol. The Labute approximate surface area is 94.2 Å². The summed E-state index contributed by atoms with van der Waals surface area (Å²) < 4.78 is 10.8. The molecule has 16 heavy (non-hydrogen) atoms. The summed E-state index contributed by atoms with van der Waals surface area (Å²) >= 11 is 0. The van der Waals surface area contributed by atoms with Crippen LogP contribution >= 0.6 is 0 Å². The quantitative estimate of drug-likeness (QED) is 0.748. The first kappa shape index (κ1) is 9.93. The molecule has 86 valence electrons. The van der Waals surface area contributed by atoms with E-state index in [1.807, 2.05) is 18.2 Å². The highest BCUT2D eigenvalue weighted by molar-refractivity contribution is 5.49. The van der Waals surface area contributed by atoms with Crippen molar-refractivity contribution >= 4 is 0 Å². The maximum atomic E-state index is 9.99. The van der Waals surface area contributed by atoms with Gasteiger partial charge in [0.1, 0.15) is 0 Å². The zero-order valence-corrected chi connectivity index (χ0v) is 8.98. The summed E-state index contributed by atoms with van der Waals surface area (Å²) in [5.41, 5.74) is 1.00. The topological polar surface area (TPSA) is 50.7 Å². The van der Waals surface area contributed by atoms with E-state index in [4.69, 9.17) is 9.47 Å². The van der Waals surface area contributed by atoms with Gasteiger partial charge in [0, 0.05) is 5.56 Å². The molecule has 0 saturated carbocycles. The molecule has 2 aliphatic rings. The SMILES string of the molecule is OC1CCCNC1c1cccc2c1OCO2. The van der Waals surface area contributed by atoms with Gasteiger partial charge in [0.25, 0.3) is 0 Å². The number of ether oxygens (including phenoxy) is 2. The standard InChI is InChI=1S/C12H15NO3/c14-9-4-2-6-13-11(9)8-3-1-5-10-12(8)16-7-15-10/h1,3,5,9,11,13-14H,2,4,6-7H2. The molecule has 0 aliphatic carbocycles. The third-order valence-electron chi connectivity index (χ3n) is 3.19. The fourth-order valence-corrected chi connectivity index (χ4v) is 2.39. The molecule has 2 N–H and O–H groups in total. The van der Waals surface area contributed by atoms with Crippen LogP contribution in [-0.2, 0) is 0 Å². The predicted molar refractivity (Wildman–Crippen MR) is 58.5 cm³/mol. The summed E-state index contributed by atoms with van der Waals surface area (Å²) in [4.78, 5) is 0. The molecule has 0 bridgehead atoms. The number of rotatable bonds is 1. The average molecular weight is 221 g/mol. The molecule has 0 aromatic heterocycles. The Hall–Kier alpha value is -1.26. The fraction of sp³-hybridized carbons (Fsp3) is 0.500. The zero-order chi connectivity index (χ0) is 11.0. The summed E-state index contributed by atoms with van der Waals surface area (Å²) in [6.45, 7) is 1.21. The molecule has 0 radical (unpaired) electrons. The van der Waals surface area contributed by atoms with Crippen molar-refractivity contribution in [2.75, 3.05) is 13.3 Å². The Morgan fingerprint density at radius 1 is 1.31 bits per heavy atom. The number of para-hydroxylation sites is 1. The minimum Gasteiger partial charge on any atom is -0.454 e. The third kappa shape index (κ3) is 1.54. The first-order valence-corrected chi connectivity index (χ1v) is 5.66. The summed E-state index contributed by atoms with van der Waals surface area (Å²) in [6, 6.07) is 5.78. The molecule has 1 aromatic rings. The van der Waals surface area contributed by atoms with Gasteiger partial charge >= 0.3 is 0 Å². The lowest BCUT2D eigenvalue weighted by atomic mass is 9.94. The third-order valence-corrected chi connectivity index (χ3v) is 3.19. The summed E-state index contributed by atoms with van der Waals surface area (Å²) in [5.74, 6) is 1.55. The molecule has 4 heteroatoms. The highest BCUT2D eigenvalue weighted by Gasteiger charge is 2.29. The van der Waals surface area contributed by atoms with Crippen LogP contribution in [0.3, 0.4) is 0 Å². The lowest BCUT2D eigenvalue weighted by molar-refractivity contribution is 0.0944. The molecular formula is C12H15NO3. The fourth-order valence-electron chi connectivity index (χ4n) is 2.39. The van der Waals surface area contributed by atoms with Gasteiger partial charge in [0.15, 0.2) is 11.5 Å². The van der Waals surface area contributed by atoms with E-state index in [9.17, 15) is 5.11 Å². The number of aliphatic hydroxyl groups excluding tert-OH is 1. The second-order valence-electron chi connectivity index (χ2n) is 4.22. The Kier molecular flexibility index (Phi) is 2.46. The first-order valence-electron chi connectivity index (χ1n) is 5.66. The number of hydrogen-bond acceptors (Lipinski definition) is 4. The van der Waals surface area contributed by atoms with Crippen LogP contribution < -0.4 is 14.8 Å². The summed E-state index contributed by atoms with van der Waals surface area (Å²) in [5, 5.41) is 13.3. The van der Waals surface area contributed by atoms with E-state index in [2.05, 4.69) is 5.32 Å². The highest BCUT2D eigenvalue weighted by Crippen LogP contribution is 2.40. The van der Waals surface area contributed by atoms with E-state index in [0.29, 0.717) is 0 Å². The number of nitrogens with one attached hydrogen (secondary N) is 1. The van der Waals surface area contributed by atoms with Crippen molar-refractivity contribution in [1.29, 1.82) is 0 Å². The maximum Gasteiger partial charge on any atom is 0.231 e. The second kappa shape index (κ2) is 3.96. The Morgan fingerprint density at radius 2 is 2.25 bits per heavy atom. The van der Waals surface area contributed by atoms with Crippen molar-refractivity contribution in [2.45, 2.75) is 25.0 Å². The van der Waals surface area contributed by atoms with Gasteiger partial charge in [-0.05, 0) is 25.5 Å². The van der Waals surface area contributed by atoms with Crippen molar-refractivity contribution < 1.29 is 14.6 Å². The molecule has 1 aromatic carbocycles. The van der Waals surface area contributed by atoms with Gasteiger partial charge in [0.05, 0.1) is 12.1 Å². The molecule has 2 heterocycles. The number of aliphatic hydroxyl groups is 1. The van der Waals surface area contributed by atoms with Gasteiger partial charge in [-0.1, -0.05) is 12.1 Å². The second-order valence-corrected chi connectivity index (χ2v) is 4.22. The van der Waals surface area contributed by atoms with Crippen LogP contribution in [0.2, 0.25) is 0 Å². The summed E-state index contributed by atoms with van der Waals surface area (Å²) in [6.07, 6.45) is 1.51. The largest absolute Gasteiger partial charge is 0.454 e. The maximum absolute atomic E-state index is 9.99. The van der Waals surface area contributed by atoms with E-state index in [1.54, 1.807) is 0 Å². The van der Waals surface area contributed by atoms with Crippen LogP contribution in [0.25, 0.3) is 0 Å². The Balaban J connectivity index is 1.96. The van der Waals surface area contributed by atoms with Crippen LogP contribution in [0, 0.1) is 0 Å². The number of hydrogen-bond donors (Lipinski definition) is 2. The van der Waals surface area contributed by atoms with Gasteiger partial charge in [-0.15, -0.1) is 0 Å². The molecule has 1 saturated heterocycles. The molecule has 1 fully saturated rings. The Morgan fingerprint density at radius 3 is 3.12 bits per heavy atom. The molecule has 0 amide bonds. The van der Waals surface area contributed by atoms with Crippen molar-refractivity contribution in [1.82, 2.24) is 5.32 Å². The molecule has 2 aliphatic heterocycles. The Bertz CT molecular complexity index is 394. The number of benzene rings is 1. The van der Waals surface area contributed by atoms with E-state index in [-0.39, 0.29) is 18.9 Å². The normalized spacial score (nSPS) is 28.1. The van der Waals surface area contributed by atoms with Crippen molar-refractivity contribution in [3.63, 3.8) is 0 Å². The molecule has 0 spiro atoms. The van der Waals surface area contributed by atoms with E-state index in [0.717, 1.165) is 36.4 Å². The van der Waals surface area contributed by atoms with Gasteiger partial charge < -0.3 is 19.9 Å².